The number of ether oxygens (including phenoxy) is 3. The van der Waals surface area contributed by atoms with Crippen molar-refractivity contribution in [3.05, 3.63) is 42.0 Å². The fraction of sp³-hybridized carbons (Fsp3) is 0.250. The van der Waals surface area contributed by atoms with E-state index < -0.39 is 26.0 Å². The minimum Gasteiger partial charge on any atom is -0.493 e. The van der Waals surface area contributed by atoms with E-state index in [1.165, 1.54) is 64.8 Å². The third-order valence-electron chi connectivity index (χ3n) is 4.45. The topological polar surface area (TPSA) is 149 Å². The summed E-state index contributed by atoms with van der Waals surface area (Å²) in [6.07, 6.45) is 2.47. The van der Waals surface area contributed by atoms with E-state index in [4.69, 9.17) is 9.47 Å². The van der Waals surface area contributed by atoms with Crippen molar-refractivity contribution < 1.29 is 35.8 Å². The number of rotatable bonds is 10. The van der Waals surface area contributed by atoms with Crippen LogP contribution in [0.3, 0.4) is 0 Å². The van der Waals surface area contributed by atoms with Crippen molar-refractivity contribution in [1.29, 1.82) is 0 Å². The highest BCUT2D eigenvalue weighted by Crippen LogP contribution is 2.38. The zero-order chi connectivity index (χ0) is 24.8. The molecule has 0 aliphatic heterocycles. The van der Waals surface area contributed by atoms with Crippen molar-refractivity contribution in [2.45, 2.75) is 9.79 Å². The lowest BCUT2D eigenvalue weighted by atomic mass is 10.2. The first-order valence-corrected chi connectivity index (χ1v) is 12.3. The smallest absolute Gasteiger partial charge is 0.330 e. The maximum atomic E-state index is 13.3. The van der Waals surface area contributed by atoms with E-state index >= 15 is 0 Å². The second-order valence-electron chi connectivity index (χ2n) is 6.38. The predicted octanol–water partition coefficient (Wildman–Crippen LogP) is 1.64. The molecule has 0 aliphatic rings. The van der Waals surface area contributed by atoms with E-state index in [9.17, 15) is 21.6 Å². The first-order chi connectivity index (χ1) is 15.5. The molecule has 2 rings (SSSR count). The molecule has 0 radical (unpaired) electrons. The second kappa shape index (κ2) is 10.6. The van der Waals surface area contributed by atoms with Crippen molar-refractivity contribution in [3.8, 4) is 11.5 Å². The fourth-order valence-corrected chi connectivity index (χ4v) is 4.83. The van der Waals surface area contributed by atoms with E-state index in [0.717, 1.165) is 6.08 Å². The van der Waals surface area contributed by atoms with Crippen molar-refractivity contribution >= 4 is 43.5 Å². The van der Waals surface area contributed by atoms with Gasteiger partial charge in [0.05, 0.1) is 37.6 Å². The Bertz CT molecular complexity index is 1270. The molecule has 0 aliphatic carbocycles. The highest BCUT2D eigenvalue weighted by atomic mass is 32.2. The third kappa shape index (κ3) is 5.94. The summed E-state index contributed by atoms with van der Waals surface area (Å²) in [5.41, 5.74) is 0.644. The standard InChI is InChI=1S/C20H25N3O8S2/c1-21-15-8-7-14(32(25,26)22-2)12-16(15)23-33(27,28)18-11-13(6-9-19(24)30-4)10-17(29-3)20(18)31-5/h6-12,21-23H,1-5H3/b9-6+. The molecule has 0 heterocycles. The summed E-state index contributed by atoms with van der Waals surface area (Å²) in [7, 11) is -1.52. The number of esters is 1. The largest absolute Gasteiger partial charge is 0.493 e. The molecule has 0 bridgehead atoms. The summed E-state index contributed by atoms with van der Waals surface area (Å²) in [6, 6.07) is 6.69. The third-order valence-corrected chi connectivity index (χ3v) is 7.24. The van der Waals surface area contributed by atoms with Crippen LogP contribution in [0.1, 0.15) is 5.56 Å². The zero-order valence-corrected chi connectivity index (χ0v) is 20.3. The van der Waals surface area contributed by atoms with Gasteiger partial charge < -0.3 is 19.5 Å². The van der Waals surface area contributed by atoms with E-state index in [1.807, 2.05) is 0 Å². The van der Waals surface area contributed by atoms with Gasteiger partial charge in [-0.3, -0.25) is 4.72 Å². The number of sulfonamides is 2. The quantitative estimate of drug-likeness (QED) is 0.327. The first kappa shape index (κ1) is 26.0. The summed E-state index contributed by atoms with van der Waals surface area (Å²) >= 11 is 0. The molecular formula is C20H25N3O8S2. The van der Waals surface area contributed by atoms with Crippen LogP contribution in [0.5, 0.6) is 11.5 Å². The molecule has 0 saturated heterocycles. The normalized spacial score (nSPS) is 11.8. The minimum absolute atomic E-state index is 0.00893. The van der Waals surface area contributed by atoms with Crippen molar-refractivity contribution in [2.75, 3.05) is 45.5 Å². The lowest BCUT2D eigenvalue weighted by molar-refractivity contribution is -0.134. The Kier molecular flexibility index (Phi) is 8.30. The Morgan fingerprint density at radius 1 is 0.909 bits per heavy atom. The average Bonchev–Trinajstić information content (AvgIpc) is 2.81. The van der Waals surface area contributed by atoms with Gasteiger partial charge in [-0.15, -0.1) is 0 Å². The van der Waals surface area contributed by atoms with E-state index in [2.05, 4.69) is 19.5 Å². The number of hydrogen-bond acceptors (Lipinski definition) is 9. The molecule has 0 fully saturated rings. The second-order valence-corrected chi connectivity index (χ2v) is 9.92. The van der Waals surface area contributed by atoms with Gasteiger partial charge in [-0.25, -0.2) is 26.4 Å². The Balaban J connectivity index is 2.65. The molecule has 0 aromatic heterocycles. The summed E-state index contributed by atoms with van der Waals surface area (Å²) in [6.45, 7) is 0. The van der Waals surface area contributed by atoms with Crippen molar-refractivity contribution in [2.24, 2.45) is 0 Å². The molecule has 2 aromatic rings. The molecule has 180 valence electrons. The Labute approximate surface area is 192 Å². The number of anilines is 2. The van der Waals surface area contributed by atoms with Gasteiger partial charge in [0.25, 0.3) is 10.0 Å². The number of hydrogen-bond donors (Lipinski definition) is 3. The van der Waals surface area contributed by atoms with Gasteiger partial charge in [-0.2, -0.15) is 0 Å². The molecule has 0 unspecified atom stereocenters. The Morgan fingerprint density at radius 2 is 1.61 bits per heavy atom. The fourth-order valence-electron chi connectivity index (χ4n) is 2.79. The van der Waals surface area contributed by atoms with Gasteiger partial charge in [0.15, 0.2) is 11.5 Å². The number of methoxy groups -OCH3 is 3. The first-order valence-electron chi connectivity index (χ1n) is 9.33. The van der Waals surface area contributed by atoms with E-state index in [-0.39, 0.29) is 27.0 Å². The summed E-state index contributed by atoms with van der Waals surface area (Å²) in [5, 5.41) is 2.81. The summed E-state index contributed by atoms with van der Waals surface area (Å²) < 4.78 is 70.7. The molecule has 3 N–H and O–H groups in total. The Hall–Kier alpha value is -3.29. The van der Waals surface area contributed by atoms with Crippen LogP contribution in [0.15, 0.2) is 46.2 Å². The van der Waals surface area contributed by atoms with Crippen molar-refractivity contribution in [3.63, 3.8) is 0 Å². The molecule has 0 atom stereocenters. The Morgan fingerprint density at radius 3 is 2.15 bits per heavy atom. The van der Waals surface area contributed by atoms with Gasteiger partial charge in [-0.05, 0) is 49.0 Å². The molecule has 13 heteroatoms. The van der Waals surface area contributed by atoms with Crippen LogP contribution in [-0.4, -0.2) is 58.2 Å². The maximum absolute atomic E-state index is 13.3. The van der Waals surface area contributed by atoms with Crippen LogP contribution in [0.4, 0.5) is 11.4 Å². The molecular weight excluding hydrogens is 474 g/mol. The van der Waals surface area contributed by atoms with Crippen LogP contribution >= 0.6 is 0 Å². The number of benzene rings is 2. The summed E-state index contributed by atoms with van der Waals surface area (Å²) in [5.74, 6) is -0.607. The molecule has 33 heavy (non-hydrogen) atoms. The molecule has 11 nitrogen and oxygen atoms in total. The van der Waals surface area contributed by atoms with Gasteiger partial charge in [-0.1, -0.05) is 0 Å². The number of nitrogens with one attached hydrogen (secondary N) is 3. The molecule has 0 amide bonds. The minimum atomic E-state index is -4.32. The van der Waals surface area contributed by atoms with Crippen molar-refractivity contribution in [1.82, 2.24) is 4.72 Å². The van der Waals surface area contributed by atoms with Gasteiger partial charge in [0, 0.05) is 13.1 Å². The lowest BCUT2D eigenvalue weighted by Gasteiger charge is -2.17. The zero-order valence-electron chi connectivity index (χ0n) is 18.6. The lowest BCUT2D eigenvalue weighted by Crippen LogP contribution is -2.20. The monoisotopic (exact) mass is 499 g/mol. The molecule has 0 saturated carbocycles. The predicted molar refractivity (Wildman–Crippen MR) is 124 cm³/mol. The van der Waals surface area contributed by atoms with E-state index in [0.29, 0.717) is 11.3 Å². The van der Waals surface area contributed by atoms with Crippen LogP contribution < -0.4 is 24.2 Å². The average molecular weight is 500 g/mol. The van der Waals surface area contributed by atoms with Crippen LogP contribution in [0, 0.1) is 0 Å². The number of carbonyl (C=O) groups excluding carboxylic acids is 1. The number of carbonyl (C=O) groups is 1. The SMILES string of the molecule is CNc1ccc(S(=O)(=O)NC)cc1NS(=O)(=O)c1cc(/C=C/C(=O)OC)cc(OC)c1OC. The van der Waals surface area contributed by atoms with E-state index in [1.54, 1.807) is 7.05 Å². The molecule has 2 aromatic carbocycles. The van der Waals surface area contributed by atoms with Crippen LogP contribution in [0.2, 0.25) is 0 Å². The molecule has 0 spiro atoms. The highest BCUT2D eigenvalue weighted by molar-refractivity contribution is 7.93. The summed E-state index contributed by atoms with van der Waals surface area (Å²) in [4.78, 5) is 11.0. The maximum Gasteiger partial charge on any atom is 0.330 e. The highest BCUT2D eigenvalue weighted by Gasteiger charge is 2.25. The van der Waals surface area contributed by atoms with Crippen LogP contribution in [-0.2, 0) is 29.6 Å². The van der Waals surface area contributed by atoms with Crippen LogP contribution in [0.25, 0.3) is 6.08 Å². The van der Waals surface area contributed by atoms with Gasteiger partial charge in [0.2, 0.25) is 10.0 Å². The van der Waals surface area contributed by atoms with Gasteiger partial charge >= 0.3 is 5.97 Å². The van der Waals surface area contributed by atoms with Gasteiger partial charge in [0.1, 0.15) is 4.90 Å².